The van der Waals surface area contributed by atoms with Crippen molar-refractivity contribution in [3.8, 4) is 5.75 Å². The summed E-state index contributed by atoms with van der Waals surface area (Å²) in [6, 6.07) is 7.05. The van der Waals surface area contributed by atoms with E-state index in [1.165, 1.54) is 23.1 Å². The van der Waals surface area contributed by atoms with Gasteiger partial charge < -0.3 is 20.3 Å². The lowest BCUT2D eigenvalue weighted by molar-refractivity contribution is -0.945. The number of hydrogen-bond acceptors (Lipinski definition) is 5. The number of carbonyl (C=O) groups excluding carboxylic acids is 2. The number of amides is 2. The molecule has 0 spiro atoms. The first kappa shape index (κ1) is 19.4. The third-order valence-electron chi connectivity index (χ3n) is 4.78. The van der Waals surface area contributed by atoms with E-state index in [4.69, 9.17) is 17.0 Å². The van der Waals surface area contributed by atoms with Gasteiger partial charge in [-0.3, -0.25) is 19.5 Å². The average Bonchev–Trinajstić information content (AvgIpc) is 2.68. The standard InChI is InChI=1S/C18H23N5O3S/c1-26-15-5-3-2-4-14(15)23-17(25)13(16(24)21-18(23)27)12-20-8-11-22-9-6-19-7-10-22/h2-5,12-13,19H,6-11H2,1H3,(H,21,24,27)/p+2/t13-/m1/s1. The van der Waals surface area contributed by atoms with E-state index < -0.39 is 17.7 Å². The van der Waals surface area contributed by atoms with Crippen LogP contribution in [0.15, 0.2) is 29.3 Å². The van der Waals surface area contributed by atoms with Crippen LogP contribution in [0.4, 0.5) is 5.69 Å². The zero-order valence-corrected chi connectivity index (χ0v) is 16.1. The molecule has 2 aliphatic rings. The predicted molar refractivity (Wildman–Crippen MR) is 105 cm³/mol. The number of piperazine rings is 1. The number of methoxy groups -OCH3 is 1. The topological polar surface area (TPSA) is 92.0 Å². The van der Waals surface area contributed by atoms with Crippen LogP contribution < -0.4 is 25.2 Å². The Morgan fingerprint density at radius 1 is 1.37 bits per heavy atom. The van der Waals surface area contributed by atoms with Crippen LogP contribution in [0.2, 0.25) is 0 Å². The number of anilines is 1. The molecule has 4 N–H and O–H groups in total. The molecule has 1 aromatic carbocycles. The molecule has 8 nitrogen and oxygen atoms in total. The smallest absolute Gasteiger partial charge is 0.251 e. The monoisotopic (exact) mass is 391 g/mol. The van der Waals surface area contributed by atoms with Crippen molar-refractivity contribution in [3.63, 3.8) is 0 Å². The average molecular weight is 391 g/mol. The van der Waals surface area contributed by atoms with Crippen molar-refractivity contribution in [1.29, 1.82) is 0 Å². The van der Waals surface area contributed by atoms with Crippen molar-refractivity contribution in [3.05, 3.63) is 24.3 Å². The van der Waals surface area contributed by atoms with Crippen LogP contribution in [-0.4, -0.2) is 69.5 Å². The highest BCUT2D eigenvalue weighted by Crippen LogP contribution is 2.30. The summed E-state index contributed by atoms with van der Waals surface area (Å²) in [5.74, 6) is -1.35. The van der Waals surface area contributed by atoms with Crippen molar-refractivity contribution >= 4 is 41.0 Å². The van der Waals surface area contributed by atoms with Crippen LogP contribution in [0.5, 0.6) is 5.75 Å². The summed E-state index contributed by atoms with van der Waals surface area (Å²) in [5, 5.41) is 4.95. The van der Waals surface area contributed by atoms with Crippen LogP contribution in [0.3, 0.4) is 0 Å². The molecule has 2 fully saturated rings. The molecule has 2 aliphatic heterocycles. The fraction of sp³-hybridized carbons (Fsp3) is 0.444. The van der Waals surface area contributed by atoms with Gasteiger partial charge in [-0.25, -0.2) is 0 Å². The van der Waals surface area contributed by atoms with E-state index in [0.717, 1.165) is 32.7 Å². The molecular weight excluding hydrogens is 366 g/mol. The minimum absolute atomic E-state index is 0.0492. The zero-order chi connectivity index (χ0) is 19.2. The maximum atomic E-state index is 12.9. The Balaban J connectivity index is 1.69. The first-order valence-corrected chi connectivity index (χ1v) is 9.49. The second kappa shape index (κ2) is 9.03. The fourth-order valence-electron chi connectivity index (χ4n) is 3.30. The Kier molecular flexibility index (Phi) is 6.49. The molecule has 2 amide bonds. The third-order valence-corrected chi connectivity index (χ3v) is 5.07. The fourth-order valence-corrected chi connectivity index (χ4v) is 3.59. The quantitative estimate of drug-likeness (QED) is 0.286. The van der Waals surface area contributed by atoms with E-state index in [1.54, 1.807) is 24.3 Å². The number of para-hydroxylation sites is 2. The lowest BCUT2D eigenvalue weighted by atomic mass is 10.1. The molecule has 0 bridgehead atoms. The Morgan fingerprint density at radius 2 is 2.11 bits per heavy atom. The summed E-state index contributed by atoms with van der Waals surface area (Å²) >= 11 is 5.21. The third kappa shape index (κ3) is 4.49. The number of nitrogens with zero attached hydrogens (tertiary/aromatic N) is 2. The summed E-state index contributed by atoms with van der Waals surface area (Å²) in [4.78, 5) is 32.4. The molecule has 3 rings (SSSR count). The largest absolute Gasteiger partial charge is 0.495 e. The summed E-state index contributed by atoms with van der Waals surface area (Å²) in [5.41, 5.74) is 0.502. The Bertz CT molecular complexity index is 748. The molecule has 0 saturated carbocycles. The van der Waals surface area contributed by atoms with Gasteiger partial charge in [-0.15, -0.1) is 0 Å². The Labute approximate surface area is 163 Å². The number of thiocarbonyl (C=S) groups is 1. The van der Waals surface area contributed by atoms with Gasteiger partial charge >= 0.3 is 0 Å². The van der Waals surface area contributed by atoms with E-state index in [2.05, 4.69) is 15.6 Å². The number of carbonyl (C=O) groups is 2. The molecule has 0 aromatic heterocycles. The lowest BCUT2D eigenvalue weighted by Crippen LogP contribution is -3.20. The first-order chi connectivity index (χ1) is 13.1. The van der Waals surface area contributed by atoms with E-state index in [0.29, 0.717) is 18.0 Å². The van der Waals surface area contributed by atoms with Crippen molar-refractivity contribution in [2.45, 2.75) is 0 Å². The molecule has 2 saturated heterocycles. The molecule has 144 valence electrons. The number of hydrogen-bond donors (Lipinski definition) is 3. The van der Waals surface area contributed by atoms with Gasteiger partial charge in [0.1, 0.15) is 31.9 Å². The summed E-state index contributed by atoms with van der Waals surface area (Å²) < 4.78 is 5.32. The van der Waals surface area contributed by atoms with E-state index in [1.807, 2.05) is 0 Å². The van der Waals surface area contributed by atoms with Gasteiger partial charge in [0.05, 0.1) is 25.9 Å². The van der Waals surface area contributed by atoms with Crippen LogP contribution in [-0.2, 0) is 9.59 Å². The van der Waals surface area contributed by atoms with Gasteiger partial charge in [0.15, 0.2) is 11.0 Å². The number of aliphatic imine (C=N–C) groups is 1. The molecule has 0 aliphatic carbocycles. The second-order valence-corrected chi connectivity index (χ2v) is 6.93. The maximum Gasteiger partial charge on any atom is 0.251 e. The Morgan fingerprint density at radius 3 is 2.85 bits per heavy atom. The molecule has 1 aromatic rings. The maximum absolute atomic E-state index is 12.9. The highest BCUT2D eigenvalue weighted by molar-refractivity contribution is 7.80. The van der Waals surface area contributed by atoms with Crippen molar-refractivity contribution in [2.75, 3.05) is 51.3 Å². The van der Waals surface area contributed by atoms with Crippen LogP contribution in [0.25, 0.3) is 0 Å². The molecule has 0 radical (unpaired) electrons. The summed E-state index contributed by atoms with van der Waals surface area (Å²) in [6.07, 6.45) is 1.44. The first-order valence-electron chi connectivity index (χ1n) is 9.09. The normalized spacial score (nSPS) is 21.6. The van der Waals surface area contributed by atoms with Crippen LogP contribution in [0.1, 0.15) is 0 Å². The van der Waals surface area contributed by atoms with Crippen molar-refractivity contribution in [2.24, 2.45) is 10.9 Å². The number of nitrogens with two attached hydrogens (primary N) is 1. The molecule has 27 heavy (non-hydrogen) atoms. The number of ether oxygens (including phenoxy) is 1. The number of rotatable bonds is 6. The van der Waals surface area contributed by atoms with Crippen molar-refractivity contribution < 1.29 is 24.5 Å². The van der Waals surface area contributed by atoms with Gasteiger partial charge in [0, 0.05) is 6.21 Å². The molecular formula is C18H25N5O3S+2. The van der Waals surface area contributed by atoms with E-state index >= 15 is 0 Å². The predicted octanol–water partition coefficient (Wildman–Crippen LogP) is -2.41. The van der Waals surface area contributed by atoms with Gasteiger partial charge in [-0.1, -0.05) is 12.1 Å². The van der Waals surface area contributed by atoms with E-state index in [9.17, 15) is 9.59 Å². The molecule has 9 heteroatoms. The van der Waals surface area contributed by atoms with Crippen LogP contribution >= 0.6 is 12.2 Å². The van der Waals surface area contributed by atoms with Gasteiger partial charge in [0.25, 0.3) is 5.91 Å². The molecule has 1 atom stereocenters. The van der Waals surface area contributed by atoms with Gasteiger partial charge in [0.2, 0.25) is 5.91 Å². The highest BCUT2D eigenvalue weighted by Gasteiger charge is 2.39. The van der Waals surface area contributed by atoms with E-state index in [-0.39, 0.29) is 5.11 Å². The summed E-state index contributed by atoms with van der Waals surface area (Å²) in [7, 11) is 1.52. The van der Waals surface area contributed by atoms with Gasteiger partial charge in [-0.05, 0) is 24.4 Å². The SMILES string of the molecule is COc1ccccc1N1C(=O)[C@H](C=NCC[NH+]2CC[NH2+]CC2)C(=O)NC1=S. The highest BCUT2D eigenvalue weighted by atomic mass is 32.1. The van der Waals surface area contributed by atoms with Crippen molar-refractivity contribution in [1.82, 2.24) is 5.32 Å². The molecule has 0 unspecified atom stereocenters. The minimum Gasteiger partial charge on any atom is -0.495 e. The Hall–Kier alpha value is -2.36. The van der Waals surface area contributed by atoms with Gasteiger partial charge in [-0.2, -0.15) is 0 Å². The second-order valence-electron chi connectivity index (χ2n) is 6.54. The number of benzene rings is 1. The minimum atomic E-state index is -0.994. The molecule has 2 heterocycles. The summed E-state index contributed by atoms with van der Waals surface area (Å²) in [6.45, 7) is 6.00. The lowest BCUT2D eigenvalue weighted by Gasteiger charge is -2.31. The number of nitrogens with one attached hydrogen (secondary N) is 2. The van der Waals surface area contributed by atoms with Crippen LogP contribution in [0, 0.1) is 5.92 Å². The number of quaternary nitrogens is 2. The zero-order valence-electron chi connectivity index (χ0n) is 15.3.